The second-order valence-electron chi connectivity index (χ2n) is 8.14. The molecular formula is C22H25F2N5O2S. The lowest BCUT2D eigenvalue weighted by Crippen LogP contribution is -2.44. The molecule has 1 aliphatic carbocycles. The van der Waals surface area contributed by atoms with Gasteiger partial charge in [0.05, 0.1) is 11.7 Å². The Bertz CT molecular complexity index is 951. The lowest BCUT2D eigenvalue weighted by Gasteiger charge is -2.32. The first kappa shape index (κ1) is 22.4. The highest BCUT2D eigenvalue weighted by atomic mass is 32.2. The van der Waals surface area contributed by atoms with E-state index in [9.17, 15) is 18.4 Å². The number of nitrogens with zero attached hydrogens (tertiary/aromatic N) is 3. The summed E-state index contributed by atoms with van der Waals surface area (Å²) in [5.74, 6) is -0.703. The molecule has 1 saturated carbocycles. The molecule has 0 spiro atoms. The van der Waals surface area contributed by atoms with Gasteiger partial charge < -0.3 is 15.5 Å². The van der Waals surface area contributed by atoms with E-state index in [1.807, 2.05) is 6.07 Å². The largest absolute Gasteiger partial charge is 0.354 e. The summed E-state index contributed by atoms with van der Waals surface area (Å²) < 4.78 is 26.4. The lowest BCUT2D eigenvalue weighted by molar-refractivity contribution is -0.125. The van der Waals surface area contributed by atoms with E-state index in [1.165, 1.54) is 23.9 Å². The summed E-state index contributed by atoms with van der Waals surface area (Å²) in [7, 11) is 0. The molecule has 1 atom stereocenters. The van der Waals surface area contributed by atoms with Gasteiger partial charge in [-0.05, 0) is 55.5 Å². The average molecular weight is 462 g/mol. The molecule has 1 aromatic carbocycles. The average Bonchev–Trinajstić information content (AvgIpc) is 3.60. The molecule has 2 heterocycles. The fourth-order valence-electron chi connectivity index (χ4n) is 3.61. The Morgan fingerprint density at radius 2 is 1.88 bits per heavy atom. The van der Waals surface area contributed by atoms with Gasteiger partial charge in [0.2, 0.25) is 11.8 Å². The molecule has 1 aliphatic heterocycles. The molecule has 2 fully saturated rings. The van der Waals surface area contributed by atoms with Crippen LogP contribution in [0.5, 0.6) is 0 Å². The molecule has 10 heteroatoms. The maximum atomic E-state index is 13.2. The standard InChI is InChI=1S/C22H25F2N5O2S/c23-16-8-14(9-17(24)10-16)11-25-20(30)13-32-21-6-5-19(27-28-21)29-7-1-2-15(12-29)22(31)26-18-3-4-18/h5-6,8-10,15,18H,1-4,7,11-13H2,(H,25,30)(H,26,31). The topological polar surface area (TPSA) is 87.2 Å². The van der Waals surface area contributed by atoms with Crippen molar-refractivity contribution in [3.63, 3.8) is 0 Å². The minimum Gasteiger partial charge on any atom is -0.354 e. The maximum absolute atomic E-state index is 13.2. The van der Waals surface area contributed by atoms with Crippen molar-refractivity contribution in [2.45, 2.75) is 43.3 Å². The number of thioether (sulfide) groups is 1. The van der Waals surface area contributed by atoms with Gasteiger partial charge in [0.1, 0.15) is 16.7 Å². The third-order valence-corrected chi connectivity index (χ3v) is 6.35. The summed E-state index contributed by atoms with van der Waals surface area (Å²) in [6, 6.07) is 7.17. The van der Waals surface area contributed by atoms with Gasteiger partial charge in [-0.3, -0.25) is 9.59 Å². The van der Waals surface area contributed by atoms with Crippen LogP contribution in [-0.2, 0) is 16.1 Å². The van der Waals surface area contributed by atoms with Crippen molar-refractivity contribution < 1.29 is 18.4 Å². The van der Waals surface area contributed by atoms with Crippen LogP contribution in [0.25, 0.3) is 0 Å². The molecule has 2 aliphatic rings. The van der Waals surface area contributed by atoms with E-state index in [0.717, 1.165) is 44.1 Å². The zero-order chi connectivity index (χ0) is 22.5. The second-order valence-corrected chi connectivity index (χ2v) is 9.14. The van der Waals surface area contributed by atoms with E-state index in [1.54, 1.807) is 6.07 Å². The van der Waals surface area contributed by atoms with Crippen LogP contribution in [0.1, 0.15) is 31.2 Å². The van der Waals surface area contributed by atoms with Crippen molar-refractivity contribution in [2.24, 2.45) is 5.92 Å². The summed E-state index contributed by atoms with van der Waals surface area (Å²) in [5, 5.41) is 14.8. The number of hydrogen-bond acceptors (Lipinski definition) is 6. The Balaban J connectivity index is 1.23. The Morgan fingerprint density at radius 3 is 2.56 bits per heavy atom. The molecule has 0 bridgehead atoms. The van der Waals surface area contributed by atoms with Crippen LogP contribution in [0, 0.1) is 17.6 Å². The van der Waals surface area contributed by atoms with Gasteiger partial charge >= 0.3 is 0 Å². The highest BCUT2D eigenvalue weighted by Gasteiger charge is 2.30. The van der Waals surface area contributed by atoms with Gasteiger partial charge in [-0.15, -0.1) is 10.2 Å². The third-order valence-electron chi connectivity index (χ3n) is 5.43. The normalized spacial score (nSPS) is 18.3. The fourth-order valence-corrected chi connectivity index (χ4v) is 4.25. The minimum absolute atomic E-state index is 0.0320. The van der Waals surface area contributed by atoms with Gasteiger partial charge in [-0.1, -0.05) is 11.8 Å². The van der Waals surface area contributed by atoms with E-state index < -0.39 is 11.6 Å². The number of hydrogen-bond donors (Lipinski definition) is 2. The molecular weight excluding hydrogens is 436 g/mol. The van der Waals surface area contributed by atoms with Gasteiger partial charge in [0, 0.05) is 31.7 Å². The van der Waals surface area contributed by atoms with Crippen molar-refractivity contribution in [3.8, 4) is 0 Å². The minimum atomic E-state index is -0.678. The summed E-state index contributed by atoms with van der Waals surface area (Å²) >= 11 is 1.23. The summed E-state index contributed by atoms with van der Waals surface area (Å²) in [4.78, 5) is 26.5. The molecule has 2 aromatic rings. The van der Waals surface area contributed by atoms with Crippen LogP contribution >= 0.6 is 11.8 Å². The number of carbonyl (C=O) groups is 2. The first-order valence-electron chi connectivity index (χ1n) is 10.7. The number of rotatable bonds is 8. The molecule has 2 N–H and O–H groups in total. The van der Waals surface area contributed by atoms with Crippen molar-refractivity contribution in [1.82, 2.24) is 20.8 Å². The smallest absolute Gasteiger partial charge is 0.230 e. The Labute approximate surface area is 189 Å². The molecule has 170 valence electrons. The summed E-state index contributed by atoms with van der Waals surface area (Å²) in [5.41, 5.74) is 0.357. The number of anilines is 1. The molecule has 1 aromatic heterocycles. The predicted molar refractivity (Wildman–Crippen MR) is 117 cm³/mol. The van der Waals surface area contributed by atoms with Gasteiger partial charge in [0.15, 0.2) is 5.82 Å². The number of nitrogens with one attached hydrogen (secondary N) is 2. The quantitative estimate of drug-likeness (QED) is 0.588. The van der Waals surface area contributed by atoms with Crippen molar-refractivity contribution >= 4 is 29.4 Å². The molecule has 7 nitrogen and oxygen atoms in total. The number of benzene rings is 1. The zero-order valence-electron chi connectivity index (χ0n) is 17.5. The van der Waals surface area contributed by atoms with Crippen LogP contribution in [0.4, 0.5) is 14.6 Å². The van der Waals surface area contributed by atoms with Crippen LogP contribution in [-0.4, -0.2) is 46.9 Å². The molecule has 1 saturated heterocycles. The van der Waals surface area contributed by atoms with E-state index in [4.69, 9.17) is 0 Å². The zero-order valence-corrected chi connectivity index (χ0v) is 18.3. The highest BCUT2D eigenvalue weighted by Crippen LogP contribution is 2.25. The molecule has 1 unspecified atom stereocenters. The van der Waals surface area contributed by atoms with Crippen molar-refractivity contribution in [3.05, 3.63) is 47.5 Å². The van der Waals surface area contributed by atoms with E-state index in [2.05, 4.69) is 25.7 Å². The van der Waals surface area contributed by atoms with Crippen LogP contribution in [0.3, 0.4) is 0 Å². The van der Waals surface area contributed by atoms with Crippen molar-refractivity contribution in [1.29, 1.82) is 0 Å². The van der Waals surface area contributed by atoms with Crippen molar-refractivity contribution in [2.75, 3.05) is 23.7 Å². The first-order valence-corrected chi connectivity index (χ1v) is 11.7. The lowest BCUT2D eigenvalue weighted by atomic mass is 9.97. The molecule has 32 heavy (non-hydrogen) atoms. The van der Waals surface area contributed by atoms with Crippen LogP contribution < -0.4 is 15.5 Å². The first-order chi connectivity index (χ1) is 15.5. The number of carbonyl (C=O) groups excluding carboxylic acids is 2. The SMILES string of the molecule is O=C(CSc1ccc(N2CCCC(C(=O)NC3CC3)C2)nn1)NCc1cc(F)cc(F)c1. The number of piperidine rings is 1. The van der Waals surface area contributed by atoms with E-state index in [0.29, 0.717) is 23.2 Å². The highest BCUT2D eigenvalue weighted by molar-refractivity contribution is 7.99. The van der Waals surface area contributed by atoms with Crippen LogP contribution in [0.2, 0.25) is 0 Å². The van der Waals surface area contributed by atoms with Crippen LogP contribution in [0.15, 0.2) is 35.4 Å². The third kappa shape index (κ3) is 6.38. The fraction of sp³-hybridized carbons (Fsp3) is 0.455. The number of halogens is 2. The Morgan fingerprint density at radius 1 is 1.09 bits per heavy atom. The Hall–Kier alpha value is -2.75. The van der Waals surface area contributed by atoms with E-state index >= 15 is 0 Å². The van der Waals surface area contributed by atoms with Gasteiger partial charge in [0.25, 0.3) is 0 Å². The summed E-state index contributed by atoms with van der Waals surface area (Å²) in [6.07, 6.45) is 3.96. The number of aromatic nitrogens is 2. The maximum Gasteiger partial charge on any atom is 0.230 e. The second kappa shape index (κ2) is 10.2. The van der Waals surface area contributed by atoms with Gasteiger partial charge in [-0.25, -0.2) is 8.78 Å². The molecule has 4 rings (SSSR count). The Kier molecular flexibility index (Phi) is 7.19. The molecule has 0 radical (unpaired) electrons. The summed E-state index contributed by atoms with van der Waals surface area (Å²) in [6.45, 7) is 1.50. The molecule has 2 amide bonds. The van der Waals surface area contributed by atoms with E-state index in [-0.39, 0.29) is 30.0 Å². The van der Waals surface area contributed by atoms with Gasteiger partial charge in [-0.2, -0.15) is 0 Å². The number of amides is 2. The predicted octanol–water partition coefficient (Wildman–Crippen LogP) is 2.66. The monoisotopic (exact) mass is 461 g/mol.